The molecule has 0 aromatic carbocycles. The van der Waals surface area contributed by atoms with E-state index in [0.29, 0.717) is 0 Å². The first-order valence-corrected chi connectivity index (χ1v) is 6.10. The van der Waals surface area contributed by atoms with Crippen molar-refractivity contribution >= 4 is 11.2 Å². The SMILES string of the molecule is CC(C)(CCN)CCc1nc2ncccc2[nH]1. The molecule has 0 aliphatic heterocycles. The van der Waals surface area contributed by atoms with Gasteiger partial charge >= 0.3 is 0 Å². The monoisotopic (exact) mass is 232 g/mol. The summed E-state index contributed by atoms with van der Waals surface area (Å²) < 4.78 is 0. The molecule has 0 atom stereocenters. The van der Waals surface area contributed by atoms with E-state index in [9.17, 15) is 0 Å². The van der Waals surface area contributed by atoms with Crippen LogP contribution in [0.1, 0.15) is 32.5 Å². The van der Waals surface area contributed by atoms with Crippen LogP contribution in [0.4, 0.5) is 0 Å². The third-order valence-corrected chi connectivity index (χ3v) is 3.17. The van der Waals surface area contributed by atoms with Gasteiger partial charge in [-0.15, -0.1) is 0 Å². The molecule has 0 radical (unpaired) electrons. The maximum Gasteiger partial charge on any atom is 0.177 e. The number of pyridine rings is 1. The lowest BCUT2D eigenvalue weighted by molar-refractivity contribution is 0.311. The van der Waals surface area contributed by atoms with Crippen molar-refractivity contribution in [3.05, 3.63) is 24.2 Å². The average molecular weight is 232 g/mol. The van der Waals surface area contributed by atoms with Crippen LogP contribution in [0.25, 0.3) is 11.2 Å². The van der Waals surface area contributed by atoms with Crippen molar-refractivity contribution in [3.63, 3.8) is 0 Å². The Morgan fingerprint density at radius 2 is 2.18 bits per heavy atom. The molecule has 4 heteroatoms. The summed E-state index contributed by atoms with van der Waals surface area (Å²) in [6, 6.07) is 3.92. The zero-order valence-electron chi connectivity index (χ0n) is 10.5. The summed E-state index contributed by atoms with van der Waals surface area (Å²) >= 11 is 0. The smallest absolute Gasteiger partial charge is 0.177 e. The molecule has 3 N–H and O–H groups in total. The molecule has 0 saturated carbocycles. The lowest BCUT2D eigenvalue weighted by Gasteiger charge is -2.22. The van der Waals surface area contributed by atoms with Crippen molar-refractivity contribution < 1.29 is 0 Å². The van der Waals surface area contributed by atoms with E-state index >= 15 is 0 Å². The number of H-pyrrole nitrogens is 1. The van der Waals surface area contributed by atoms with E-state index in [1.807, 2.05) is 12.1 Å². The number of rotatable bonds is 5. The molecule has 0 bridgehead atoms. The van der Waals surface area contributed by atoms with E-state index in [1.54, 1.807) is 6.20 Å². The maximum atomic E-state index is 5.61. The Morgan fingerprint density at radius 3 is 2.88 bits per heavy atom. The lowest BCUT2D eigenvalue weighted by Crippen LogP contribution is -2.18. The Labute approximate surface area is 102 Å². The standard InChI is InChI=1S/C13H20N4/c1-13(2,7-8-14)6-5-11-16-10-4-3-9-15-12(10)17-11/h3-4,9H,5-8,14H2,1-2H3,(H,15,16,17). The quantitative estimate of drug-likeness (QED) is 0.831. The molecule has 0 saturated heterocycles. The van der Waals surface area contributed by atoms with Gasteiger partial charge in [0.15, 0.2) is 5.65 Å². The predicted octanol–water partition coefficient (Wildman–Crippen LogP) is 2.27. The minimum absolute atomic E-state index is 0.279. The number of fused-ring (bicyclic) bond motifs is 1. The fraction of sp³-hybridized carbons (Fsp3) is 0.538. The van der Waals surface area contributed by atoms with Crippen molar-refractivity contribution in [2.45, 2.75) is 33.1 Å². The Bertz CT molecular complexity index is 454. The van der Waals surface area contributed by atoms with Gasteiger partial charge in [0.1, 0.15) is 5.82 Å². The molecule has 0 aliphatic carbocycles. The Hall–Kier alpha value is -1.42. The topological polar surface area (TPSA) is 67.6 Å². The molecule has 4 nitrogen and oxygen atoms in total. The molecule has 0 spiro atoms. The summed E-state index contributed by atoms with van der Waals surface area (Å²) in [5.41, 5.74) is 7.71. The van der Waals surface area contributed by atoms with Gasteiger partial charge in [0.2, 0.25) is 0 Å². The zero-order chi connectivity index (χ0) is 12.3. The van der Waals surface area contributed by atoms with E-state index in [0.717, 1.165) is 42.8 Å². The number of aryl methyl sites for hydroxylation is 1. The van der Waals surface area contributed by atoms with Crippen molar-refractivity contribution in [1.82, 2.24) is 15.0 Å². The maximum absolute atomic E-state index is 5.61. The Morgan fingerprint density at radius 1 is 1.35 bits per heavy atom. The molecular weight excluding hydrogens is 212 g/mol. The summed E-state index contributed by atoms with van der Waals surface area (Å²) in [6.07, 6.45) is 4.85. The number of aromatic amines is 1. The Kier molecular flexibility index (Phi) is 3.43. The number of hydrogen-bond acceptors (Lipinski definition) is 3. The summed E-state index contributed by atoms with van der Waals surface area (Å²) in [6.45, 7) is 5.25. The third kappa shape index (κ3) is 3.03. The predicted molar refractivity (Wildman–Crippen MR) is 69.7 cm³/mol. The van der Waals surface area contributed by atoms with Crippen LogP contribution in [0.15, 0.2) is 18.3 Å². The minimum atomic E-state index is 0.279. The third-order valence-electron chi connectivity index (χ3n) is 3.17. The molecule has 2 heterocycles. The van der Waals surface area contributed by atoms with Gasteiger partial charge in [-0.2, -0.15) is 0 Å². The van der Waals surface area contributed by atoms with Crippen molar-refractivity contribution in [2.75, 3.05) is 6.54 Å². The highest BCUT2D eigenvalue weighted by molar-refractivity contribution is 5.69. The van der Waals surface area contributed by atoms with Crippen LogP contribution in [0.3, 0.4) is 0 Å². The molecule has 2 aromatic rings. The highest BCUT2D eigenvalue weighted by atomic mass is 15.0. The lowest BCUT2D eigenvalue weighted by atomic mass is 9.84. The van der Waals surface area contributed by atoms with Crippen LogP contribution in [0.5, 0.6) is 0 Å². The van der Waals surface area contributed by atoms with Crippen LogP contribution in [-0.2, 0) is 6.42 Å². The van der Waals surface area contributed by atoms with Gasteiger partial charge in [0.25, 0.3) is 0 Å². The number of imidazole rings is 1. The van der Waals surface area contributed by atoms with Crippen LogP contribution in [0, 0.1) is 5.41 Å². The minimum Gasteiger partial charge on any atom is -0.341 e. The molecular formula is C13H20N4. The van der Waals surface area contributed by atoms with Gasteiger partial charge < -0.3 is 10.7 Å². The van der Waals surface area contributed by atoms with Gasteiger partial charge in [0, 0.05) is 12.6 Å². The summed E-state index contributed by atoms with van der Waals surface area (Å²) in [5, 5.41) is 0. The van der Waals surface area contributed by atoms with Crippen molar-refractivity contribution in [2.24, 2.45) is 11.1 Å². The van der Waals surface area contributed by atoms with Crippen LogP contribution >= 0.6 is 0 Å². The summed E-state index contributed by atoms with van der Waals surface area (Å²) in [7, 11) is 0. The number of nitrogens with zero attached hydrogens (tertiary/aromatic N) is 2. The first-order chi connectivity index (χ1) is 8.11. The summed E-state index contributed by atoms with van der Waals surface area (Å²) in [4.78, 5) is 12.0. The van der Waals surface area contributed by atoms with Gasteiger partial charge in [-0.25, -0.2) is 9.97 Å². The molecule has 17 heavy (non-hydrogen) atoms. The van der Waals surface area contributed by atoms with E-state index in [1.165, 1.54) is 0 Å². The van der Waals surface area contributed by atoms with Crippen molar-refractivity contribution in [1.29, 1.82) is 0 Å². The number of hydrogen-bond donors (Lipinski definition) is 2. The normalized spacial score (nSPS) is 12.2. The van der Waals surface area contributed by atoms with Gasteiger partial charge in [0.05, 0.1) is 5.52 Å². The summed E-state index contributed by atoms with van der Waals surface area (Å²) in [5.74, 6) is 1.02. The largest absolute Gasteiger partial charge is 0.341 e. The highest BCUT2D eigenvalue weighted by Crippen LogP contribution is 2.25. The molecule has 0 unspecified atom stereocenters. The fourth-order valence-corrected chi connectivity index (χ4v) is 1.99. The molecule has 0 amide bonds. The first kappa shape index (κ1) is 12.0. The van der Waals surface area contributed by atoms with Gasteiger partial charge in [-0.05, 0) is 36.9 Å². The second-order valence-electron chi connectivity index (χ2n) is 5.26. The second-order valence-corrected chi connectivity index (χ2v) is 5.26. The zero-order valence-corrected chi connectivity index (χ0v) is 10.5. The number of nitrogens with two attached hydrogens (primary N) is 1. The highest BCUT2D eigenvalue weighted by Gasteiger charge is 2.17. The first-order valence-electron chi connectivity index (χ1n) is 6.10. The molecule has 0 aliphatic rings. The molecule has 2 rings (SSSR count). The number of aromatic nitrogens is 3. The van der Waals surface area contributed by atoms with Gasteiger partial charge in [-0.1, -0.05) is 13.8 Å². The van der Waals surface area contributed by atoms with Crippen molar-refractivity contribution in [3.8, 4) is 0 Å². The van der Waals surface area contributed by atoms with E-state index in [4.69, 9.17) is 5.73 Å². The number of nitrogens with one attached hydrogen (secondary N) is 1. The second kappa shape index (κ2) is 4.84. The van der Waals surface area contributed by atoms with Crippen LogP contribution in [0.2, 0.25) is 0 Å². The Balaban J connectivity index is 2.04. The molecule has 92 valence electrons. The van der Waals surface area contributed by atoms with Crippen LogP contribution < -0.4 is 5.73 Å². The fourth-order valence-electron chi connectivity index (χ4n) is 1.99. The molecule has 2 aromatic heterocycles. The van der Waals surface area contributed by atoms with Crippen LogP contribution in [-0.4, -0.2) is 21.5 Å². The van der Waals surface area contributed by atoms with E-state index in [-0.39, 0.29) is 5.41 Å². The van der Waals surface area contributed by atoms with Gasteiger partial charge in [-0.3, -0.25) is 0 Å². The van der Waals surface area contributed by atoms with E-state index < -0.39 is 0 Å². The van der Waals surface area contributed by atoms with E-state index in [2.05, 4.69) is 28.8 Å². The average Bonchev–Trinajstić information content (AvgIpc) is 2.69. The molecule has 0 fully saturated rings.